The maximum Gasteiger partial charge on any atom is 0.260 e. The normalized spacial score (nSPS) is 16.0. The third kappa shape index (κ3) is 5.82. The Hall–Kier alpha value is -2.99. The van der Waals surface area contributed by atoms with Crippen molar-refractivity contribution in [3.05, 3.63) is 65.7 Å². The van der Waals surface area contributed by atoms with E-state index in [9.17, 15) is 14.7 Å². The molecule has 3 rings (SSSR count). The van der Waals surface area contributed by atoms with E-state index in [0.29, 0.717) is 17.8 Å². The summed E-state index contributed by atoms with van der Waals surface area (Å²) in [5, 5.41) is 15.9. The molecule has 0 saturated carbocycles. The van der Waals surface area contributed by atoms with Crippen molar-refractivity contribution in [2.45, 2.75) is 46.0 Å². The van der Waals surface area contributed by atoms with Gasteiger partial charge >= 0.3 is 0 Å². The number of nitrogens with zero attached hydrogens (tertiary/aromatic N) is 3. The molecule has 32 heavy (non-hydrogen) atoms. The Kier molecular flexibility index (Phi) is 8.56. The SMILES string of the molecule is CCCCN(CCCC)C[C@@H]1C(=O)N(C(=O)Cc2ccccc2)N=C1c1ccccc1O. The molecular formula is C26H33N3O3. The quantitative estimate of drug-likeness (QED) is 0.573. The number of hydrazone groups is 1. The third-order valence-corrected chi connectivity index (χ3v) is 5.76. The van der Waals surface area contributed by atoms with Crippen LogP contribution >= 0.6 is 0 Å². The van der Waals surface area contributed by atoms with Crippen LogP contribution in [0.2, 0.25) is 0 Å². The minimum absolute atomic E-state index is 0.0649. The van der Waals surface area contributed by atoms with Crippen LogP contribution in [-0.2, 0) is 16.0 Å². The highest BCUT2D eigenvalue weighted by molar-refractivity contribution is 6.20. The van der Waals surface area contributed by atoms with Gasteiger partial charge in [-0.25, -0.2) is 0 Å². The van der Waals surface area contributed by atoms with E-state index in [-0.39, 0.29) is 24.0 Å². The number of phenols is 1. The molecule has 2 aromatic rings. The molecule has 0 aromatic heterocycles. The number of carbonyl (C=O) groups excluding carboxylic acids is 2. The van der Waals surface area contributed by atoms with Crippen LogP contribution in [0.3, 0.4) is 0 Å². The van der Waals surface area contributed by atoms with Gasteiger partial charge in [0.15, 0.2) is 0 Å². The van der Waals surface area contributed by atoms with Crippen LogP contribution in [0.5, 0.6) is 5.75 Å². The van der Waals surface area contributed by atoms with Crippen LogP contribution in [0.15, 0.2) is 59.7 Å². The number of para-hydroxylation sites is 1. The molecule has 1 heterocycles. The van der Waals surface area contributed by atoms with Gasteiger partial charge in [0.2, 0.25) is 0 Å². The maximum absolute atomic E-state index is 13.4. The lowest BCUT2D eigenvalue weighted by Gasteiger charge is -2.25. The number of carbonyl (C=O) groups is 2. The first-order chi connectivity index (χ1) is 15.5. The molecular weight excluding hydrogens is 402 g/mol. The van der Waals surface area contributed by atoms with E-state index < -0.39 is 5.92 Å². The first kappa shape index (κ1) is 23.7. The van der Waals surface area contributed by atoms with Crippen LogP contribution in [0.4, 0.5) is 0 Å². The molecule has 2 aromatic carbocycles. The predicted molar refractivity (Wildman–Crippen MR) is 126 cm³/mol. The molecule has 1 N–H and O–H groups in total. The topological polar surface area (TPSA) is 73.2 Å². The monoisotopic (exact) mass is 435 g/mol. The molecule has 0 aliphatic carbocycles. The summed E-state index contributed by atoms with van der Waals surface area (Å²) in [5.74, 6) is -1.20. The summed E-state index contributed by atoms with van der Waals surface area (Å²) in [4.78, 5) is 28.7. The van der Waals surface area contributed by atoms with Crippen molar-refractivity contribution >= 4 is 17.5 Å². The second kappa shape index (κ2) is 11.6. The summed E-state index contributed by atoms with van der Waals surface area (Å²) >= 11 is 0. The average Bonchev–Trinajstić information content (AvgIpc) is 3.12. The summed E-state index contributed by atoms with van der Waals surface area (Å²) < 4.78 is 0. The van der Waals surface area contributed by atoms with Gasteiger partial charge in [-0.15, -0.1) is 0 Å². The number of imide groups is 1. The summed E-state index contributed by atoms with van der Waals surface area (Å²) in [6.07, 6.45) is 4.34. The van der Waals surface area contributed by atoms with Gasteiger partial charge in [0, 0.05) is 12.1 Å². The van der Waals surface area contributed by atoms with E-state index >= 15 is 0 Å². The molecule has 0 spiro atoms. The molecule has 6 nitrogen and oxygen atoms in total. The minimum Gasteiger partial charge on any atom is -0.507 e. The van der Waals surface area contributed by atoms with Crippen LogP contribution in [-0.4, -0.2) is 52.2 Å². The zero-order chi connectivity index (χ0) is 22.9. The van der Waals surface area contributed by atoms with E-state index in [1.54, 1.807) is 24.3 Å². The van der Waals surface area contributed by atoms with Gasteiger partial charge in [-0.2, -0.15) is 10.1 Å². The largest absolute Gasteiger partial charge is 0.507 e. The average molecular weight is 436 g/mol. The zero-order valence-electron chi connectivity index (χ0n) is 19.0. The van der Waals surface area contributed by atoms with Crippen LogP contribution < -0.4 is 0 Å². The molecule has 0 bridgehead atoms. The molecule has 2 amide bonds. The Morgan fingerprint density at radius 1 is 1.00 bits per heavy atom. The summed E-state index contributed by atoms with van der Waals surface area (Å²) in [6.45, 7) is 6.58. The van der Waals surface area contributed by atoms with Crippen molar-refractivity contribution < 1.29 is 14.7 Å². The highest BCUT2D eigenvalue weighted by Gasteiger charge is 2.41. The Labute approximate surface area is 190 Å². The molecule has 0 fully saturated rings. The van der Waals surface area contributed by atoms with Gasteiger partial charge in [0.1, 0.15) is 5.75 Å². The third-order valence-electron chi connectivity index (χ3n) is 5.76. The van der Waals surface area contributed by atoms with Gasteiger partial charge in [-0.1, -0.05) is 69.2 Å². The van der Waals surface area contributed by atoms with Gasteiger partial charge in [0.25, 0.3) is 11.8 Å². The fraction of sp³-hybridized carbons (Fsp3) is 0.423. The fourth-order valence-corrected chi connectivity index (χ4v) is 3.93. The van der Waals surface area contributed by atoms with Crippen molar-refractivity contribution in [1.82, 2.24) is 9.91 Å². The van der Waals surface area contributed by atoms with E-state index in [1.807, 2.05) is 30.3 Å². The smallest absolute Gasteiger partial charge is 0.260 e. The summed E-state index contributed by atoms with van der Waals surface area (Å²) in [7, 11) is 0. The maximum atomic E-state index is 13.4. The predicted octanol–water partition coefficient (Wildman–Crippen LogP) is 4.23. The van der Waals surface area contributed by atoms with E-state index in [1.165, 1.54) is 0 Å². The first-order valence-corrected chi connectivity index (χ1v) is 11.5. The molecule has 170 valence electrons. The first-order valence-electron chi connectivity index (χ1n) is 11.5. The highest BCUT2D eigenvalue weighted by atomic mass is 16.3. The van der Waals surface area contributed by atoms with Crippen LogP contribution in [0.1, 0.15) is 50.7 Å². The second-order valence-corrected chi connectivity index (χ2v) is 8.27. The number of amides is 2. The van der Waals surface area contributed by atoms with Gasteiger partial charge < -0.3 is 10.0 Å². The van der Waals surface area contributed by atoms with E-state index in [4.69, 9.17) is 0 Å². The van der Waals surface area contributed by atoms with E-state index in [2.05, 4.69) is 23.8 Å². The number of phenolic OH excluding ortho intramolecular Hbond substituents is 1. The van der Waals surface area contributed by atoms with Gasteiger partial charge in [-0.05, 0) is 43.6 Å². The molecule has 1 aliphatic heterocycles. The van der Waals surface area contributed by atoms with E-state index in [0.717, 1.165) is 49.3 Å². The number of rotatable bonds is 11. The van der Waals surface area contributed by atoms with Crippen molar-refractivity contribution in [2.24, 2.45) is 11.0 Å². The minimum atomic E-state index is -0.586. The molecule has 0 saturated heterocycles. The van der Waals surface area contributed by atoms with Gasteiger partial charge in [-0.3, -0.25) is 9.59 Å². The molecule has 1 aliphatic rings. The number of benzene rings is 2. The standard InChI is InChI=1S/C26H33N3O3/c1-3-5-16-28(17-6-4-2)19-22-25(21-14-10-11-15-23(21)30)27-29(26(22)32)24(31)18-20-12-8-7-9-13-20/h7-15,22,30H,3-6,16-19H2,1-2H3/t22-/m0/s1. The number of hydrogen-bond donors (Lipinski definition) is 1. The van der Waals surface area contributed by atoms with Crippen molar-refractivity contribution in [1.29, 1.82) is 0 Å². The highest BCUT2D eigenvalue weighted by Crippen LogP contribution is 2.28. The molecule has 0 radical (unpaired) electrons. The molecule has 0 unspecified atom stereocenters. The van der Waals surface area contributed by atoms with Crippen molar-refractivity contribution in [3.63, 3.8) is 0 Å². The Bertz CT molecular complexity index is 934. The molecule has 6 heteroatoms. The Morgan fingerprint density at radius 2 is 1.62 bits per heavy atom. The van der Waals surface area contributed by atoms with Gasteiger partial charge in [0.05, 0.1) is 18.1 Å². The van der Waals surface area contributed by atoms with Crippen LogP contribution in [0.25, 0.3) is 0 Å². The lowest BCUT2D eigenvalue weighted by Crippen LogP contribution is -2.40. The number of unbranched alkanes of at least 4 members (excludes halogenated alkanes) is 2. The van der Waals surface area contributed by atoms with Crippen molar-refractivity contribution in [2.75, 3.05) is 19.6 Å². The zero-order valence-corrected chi connectivity index (χ0v) is 19.0. The lowest BCUT2D eigenvalue weighted by atomic mass is 9.95. The van der Waals surface area contributed by atoms with Crippen molar-refractivity contribution in [3.8, 4) is 5.75 Å². The lowest BCUT2D eigenvalue weighted by molar-refractivity contribution is -0.144. The Balaban J connectivity index is 1.88. The number of hydrogen-bond acceptors (Lipinski definition) is 5. The Morgan fingerprint density at radius 3 is 2.25 bits per heavy atom. The fourth-order valence-electron chi connectivity index (χ4n) is 3.93. The van der Waals surface area contributed by atoms with Crippen LogP contribution in [0, 0.1) is 5.92 Å². The summed E-state index contributed by atoms with van der Waals surface area (Å²) in [6, 6.07) is 16.2. The second-order valence-electron chi connectivity index (χ2n) is 8.27. The number of aromatic hydroxyl groups is 1. The molecule has 1 atom stereocenters. The summed E-state index contributed by atoms with van der Waals surface area (Å²) in [5.41, 5.74) is 1.81.